The lowest BCUT2D eigenvalue weighted by molar-refractivity contribution is 0.478. The van der Waals surface area contributed by atoms with E-state index < -0.39 is 0 Å². The summed E-state index contributed by atoms with van der Waals surface area (Å²) in [6.07, 6.45) is 6.98. The van der Waals surface area contributed by atoms with Crippen LogP contribution in [0.4, 0.5) is 0 Å². The van der Waals surface area contributed by atoms with Crippen molar-refractivity contribution in [3.05, 3.63) is 58.3 Å². The summed E-state index contributed by atoms with van der Waals surface area (Å²) < 4.78 is 1.95. The predicted octanol–water partition coefficient (Wildman–Crippen LogP) is 2.83. The summed E-state index contributed by atoms with van der Waals surface area (Å²) in [5.74, 6) is 0.698. The highest BCUT2D eigenvalue weighted by atomic mass is 16.1. The van der Waals surface area contributed by atoms with Crippen LogP contribution < -0.4 is 5.56 Å². The van der Waals surface area contributed by atoms with Gasteiger partial charge in [-0.1, -0.05) is 43.2 Å². The third-order valence-corrected chi connectivity index (χ3v) is 4.40. The van der Waals surface area contributed by atoms with E-state index in [9.17, 15) is 4.79 Å². The Hall–Kier alpha value is -2.43. The SMILES string of the molecule is O=c1[nH]c(Cc2ccccc2)nc2c1cnn2C1CCCC1. The molecule has 0 aliphatic heterocycles. The fourth-order valence-electron chi connectivity index (χ4n) is 3.27. The van der Waals surface area contributed by atoms with E-state index in [-0.39, 0.29) is 5.56 Å². The van der Waals surface area contributed by atoms with Crippen LogP contribution in [-0.2, 0) is 6.42 Å². The lowest BCUT2D eigenvalue weighted by Crippen LogP contribution is -2.14. The van der Waals surface area contributed by atoms with Crippen LogP contribution in [0, 0.1) is 0 Å². The zero-order valence-electron chi connectivity index (χ0n) is 12.3. The Morgan fingerprint density at radius 3 is 2.73 bits per heavy atom. The second-order valence-electron chi connectivity index (χ2n) is 5.94. The van der Waals surface area contributed by atoms with Gasteiger partial charge in [0.1, 0.15) is 11.2 Å². The number of hydrogen-bond donors (Lipinski definition) is 1. The van der Waals surface area contributed by atoms with E-state index in [1.54, 1.807) is 6.20 Å². The molecular weight excluding hydrogens is 276 g/mol. The van der Waals surface area contributed by atoms with E-state index in [4.69, 9.17) is 0 Å². The van der Waals surface area contributed by atoms with Gasteiger partial charge in [0.25, 0.3) is 5.56 Å². The van der Waals surface area contributed by atoms with Crippen LogP contribution in [0.2, 0.25) is 0 Å². The molecule has 1 aromatic carbocycles. The number of nitrogens with one attached hydrogen (secondary N) is 1. The average molecular weight is 294 g/mol. The number of rotatable bonds is 3. The van der Waals surface area contributed by atoms with Crippen LogP contribution in [0.3, 0.4) is 0 Å². The first-order valence-corrected chi connectivity index (χ1v) is 7.81. The molecule has 0 amide bonds. The normalized spacial score (nSPS) is 15.6. The Labute approximate surface area is 128 Å². The molecule has 3 aromatic rings. The quantitative estimate of drug-likeness (QED) is 0.808. The van der Waals surface area contributed by atoms with Gasteiger partial charge in [0.05, 0.1) is 12.2 Å². The molecular formula is C17H18N4O. The molecule has 1 aliphatic carbocycles. The van der Waals surface area contributed by atoms with Gasteiger partial charge >= 0.3 is 0 Å². The maximum Gasteiger partial charge on any atom is 0.262 e. The van der Waals surface area contributed by atoms with Gasteiger partial charge in [-0.25, -0.2) is 9.67 Å². The number of hydrogen-bond acceptors (Lipinski definition) is 3. The summed E-state index contributed by atoms with van der Waals surface area (Å²) in [5.41, 5.74) is 1.76. The van der Waals surface area contributed by atoms with Gasteiger partial charge in [-0.05, 0) is 18.4 Å². The summed E-state index contributed by atoms with van der Waals surface area (Å²) in [6, 6.07) is 10.4. The first-order chi connectivity index (χ1) is 10.8. The third-order valence-electron chi connectivity index (χ3n) is 4.40. The minimum absolute atomic E-state index is 0.0971. The van der Waals surface area contributed by atoms with E-state index in [0.717, 1.165) is 24.1 Å². The molecule has 0 bridgehead atoms. The van der Waals surface area contributed by atoms with Crippen LogP contribution in [0.5, 0.6) is 0 Å². The monoisotopic (exact) mass is 294 g/mol. The maximum absolute atomic E-state index is 12.3. The Balaban J connectivity index is 1.77. The third kappa shape index (κ3) is 2.32. The van der Waals surface area contributed by atoms with Crippen molar-refractivity contribution >= 4 is 11.0 Å². The Kier molecular flexibility index (Phi) is 3.25. The molecule has 1 aliphatic rings. The lowest BCUT2D eigenvalue weighted by atomic mass is 10.1. The number of fused-ring (bicyclic) bond motifs is 1. The summed E-state index contributed by atoms with van der Waals surface area (Å²) in [6.45, 7) is 0. The maximum atomic E-state index is 12.3. The Morgan fingerprint density at radius 2 is 1.95 bits per heavy atom. The van der Waals surface area contributed by atoms with Crippen LogP contribution in [-0.4, -0.2) is 19.7 Å². The number of nitrogens with zero attached hydrogens (tertiary/aromatic N) is 3. The highest BCUT2D eigenvalue weighted by molar-refractivity contribution is 5.73. The highest BCUT2D eigenvalue weighted by Gasteiger charge is 2.21. The highest BCUT2D eigenvalue weighted by Crippen LogP contribution is 2.30. The molecule has 0 radical (unpaired) electrons. The standard InChI is InChI=1S/C17H18N4O/c22-17-14-11-18-21(13-8-4-5-9-13)16(14)19-15(20-17)10-12-6-2-1-3-7-12/h1-3,6-7,11,13H,4-5,8-10H2,(H,19,20,22). The van der Waals surface area contributed by atoms with Crippen molar-refractivity contribution in [3.63, 3.8) is 0 Å². The zero-order valence-corrected chi connectivity index (χ0v) is 12.3. The average Bonchev–Trinajstić information content (AvgIpc) is 3.17. The molecule has 2 heterocycles. The fourth-order valence-corrected chi connectivity index (χ4v) is 3.27. The fraction of sp³-hybridized carbons (Fsp3) is 0.353. The molecule has 0 saturated heterocycles. The molecule has 0 spiro atoms. The smallest absolute Gasteiger partial charge is 0.262 e. The van der Waals surface area contributed by atoms with Gasteiger partial charge in [-0.15, -0.1) is 0 Å². The van der Waals surface area contributed by atoms with Crippen molar-refractivity contribution in [2.24, 2.45) is 0 Å². The second-order valence-corrected chi connectivity index (χ2v) is 5.94. The molecule has 4 rings (SSSR count). The first kappa shape index (κ1) is 13.2. The van der Waals surface area contributed by atoms with Crippen molar-refractivity contribution in [1.82, 2.24) is 19.7 Å². The molecule has 2 aromatic heterocycles. The minimum atomic E-state index is -0.0971. The van der Waals surface area contributed by atoms with Gasteiger partial charge in [0.15, 0.2) is 5.65 Å². The molecule has 1 N–H and O–H groups in total. The van der Waals surface area contributed by atoms with Crippen molar-refractivity contribution in [1.29, 1.82) is 0 Å². The van der Waals surface area contributed by atoms with Gasteiger partial charge in [0.2, 0.25) is 0 Å². The number of H-pyrrole nitrogens is 1. The predicted molar refractivity (Wildman–Crippen MR) is 84.9 cm³/mol. The zero-order chi connectivity index (χ0) is 14.9. The molecule has 1 saturated carbocycles. The summed E-state index contributed by atoms with van der Waals surface area (Å²) in [4.78, 5) is 19.8. The summed E-state index contributed by atoms with van der Waals surface area (Å²) in [5, 5.41) is 5.01. The van der Waals surface area contributed by atoms with Crippen molar-refractivity contribution in [2.75, 3.05) is 0 Å². The molecule has 1 fully saturated rings. The number of aromatic nitrogens is 4. The first-order valence-electron chi connectivity index (χ1n) is 7.81. The molecule has 0 unspecified atom stereocenters. The number of aromatic amines is 1. The Morgan fingerprint density at radius 1 is 1.18 bits per heavy atom. The van der Waals surface area contributed by atoms with Gasteiger partial charge < -0.3 is 4.98 Å². The molecule has 112 valence electrons. The molecule has 22 heavy (non-hydrogen) atoms. The van der Waals surface area contributed by atoms with Crippen LogP contribution in [0.1, 0.15) is 43.1 Å². The Bertz CT molecular complexity index is 844. The minimum Gasteiger partial charge on any atom is -0.310 e. The van der Waals surface area contributed by atoms with Crippen molar-refractivity contribution < 1.29 is 0 Å². The van der Waals surface area contributed by atoms with Crippen LogP contribution in [0.25, 0.3) is 11.0 Å². The molecule has 0 atom stereocenters. The van der Waals surface area contributed by atoms with E-state index in [2.05, 4.69) is 15.1 Å². The number of benzene rings is 1. The van der Waals surface area contributed by atoms with Gasteiger partial charge in [-0.2, -0.15) is 5.10 Å². The van der Waals surface area contributed by atoms with Crippen molar-refractivity contribution in [3.8, 4) is 0 Å². The topological polar surface area (TPSA) is 63.6 Å². The van der Waals surface area contributed by atoms with Crippen LogP contribution in [0.15, 0.2) is 41.3 Å². The summed E-state index contributed by atoms with van der Waals surface area (Å²) in [7, 11) is 0. The largest absolute Gasteiger partial charge is 0.310 e. The van der Waals surface area contributed by atoms with E-state index in [1.807, 2.05) is 35.0 Å². The van der Waals surface area contributed by atoms with Gasteiger partial charge in [0, 0.05) is 6.42 Å². The van der Waals surface area contributed by atoms with E-state index >= 15 is 0 Å². The van der Waals surface area contributed by atoms with Gasteiger partial charge in [-0.3, -0.25) is 4.79 Å². The molecule has 5 heteroatoms. The van der Waals surface area contributed by atoms with E-state index in [1.165, 1.54) is 12.8 Å². The lowest BCUT2D eigenvalue weighted by Gasteiger charge is -2.10. The molecule has 5 nitrogen and oxygen atoms in total. The van der Waals surface area contributed by atoms with E-state index in [0.29, 0.717) is 23.7 Å². The summed E-state index contributed by atoms with van der Waals surface area (Å²) >= 11 is 0. The van der Waals surface area contributed by atoms with Crippen molar-refractivity contribution in [2.45, 2.75) is 38.1 Å². The second kappa shape index (κ2) is 5.40. The van der Waals surface area contributed by atoms with Crippen LogP contribution >= 0.6 is 0 Å².